The normalized spacial score (nSPS) is 19.4. The molecule has 1 saturated heterocycles. The standard InChI is InChI=1S/C15H16N2O4/c1-20-15(19)13-10-21-8-7-17(13)14(18)12(9-16)11-5-3-2-4-6-11/h2-6,12-13H,7-8,10H2,1H3. The van der Waals surface area contributed by atoms with Crippen molar-refractivity contribution in [1.29, 1.82) is 5.26 Å². The lowest BCUT2D eigenvalue weighted by Crippen LogP contribution is -2.54. The lowest BCUT2D eigenvalue weighted by molar-refractivity contribution is -0.160. The topological polar surface area (TPSA) is 79.6 Å². The molecule has 2 atom stereocenters. The van der Waals surface area contributed by atoms with Gasteiger partial charge in [0.2, 0.25) is 5.91 Å². The van der Waals surface area contributed by atoms with Crippen LogP contribution in [0.4, 0.5) is 0 Å². The van der Waals surface area contributed by atoms with Gasteiger partial charge in [-0.05, 0) is 5.56 Å². The molecule has 0 aliphatic carbocycles. The van der Waals surface area contributed by atoms with E-state index in [4.69, 9.17) is 9.47 Å². The molecular weight excluding hydrogens is 272 g/mol. The second-order valence-electron chi connectivity index (χ2n) is 4.62. The summed E-state index contributed by atoms with van der Waals surface area (Å²) in [7, 11) is 1.26. The maximum atomic E-state index is 12.6. The lowest BCUT2D eigenvalue weighted by Gasteiger charge is -2.34. The smallest absolute Gasteiger partial charge is 0.331 e. The number of amides is 1. The van der Waals surface area contributed by atoms with Crippen LogP contribution in [0.5, 0.6) is 0 Å². The number of ether oxygens (including phenoxy) is 2. The van der Waals surface area contributed by atoms with Crippen LogP contribution in [0.15, 0.2) is 30.3 Å². The first-order chi connectivity index (χ1) is 10.2. The molecule has 0 radical (unpaired) electrons. The Morgan fingerprint density at radius 1 is 1.43 bits per heavy atom. The number of esters is 1. The van der Waals surface area contributed by atoms with E-state index in [0.29, 0.717) is 12.2 Å². The fourth-order valence-electron chi connectivity index (χ4n) is 2.28. The number of carbonyl (C=O) groups is 2. The van der Waals surface area contributed by atoms with Crippen molar-refractivity contribution < 1.29 is 19.1 Å². The molecule has 1 aromatic rings. The van der Waals surface area contributed by atoms with Crippen molar-refractivity contribution in [3.63, 3.8) is 0 Å². The Bertz CT molecular complexity index is 553. The predicted molar refractivity (Wildman–Crippen MR) is 73.1 cm³/mol. The lowest BCUT2D eigenvalue weighted by atomic mass is 9.98. The number of rotatable bonds is 3. The van der Waals surface area contributed by atoms with Crippen LogP contribution in [0.1, 0.15) is 11.5 Å². The molecular formula is C15H16N2O4. The maximum absolute atomic E-state index is 12.6. The van der Waals surface area contributed by atoms with Crippen LogP contribution in [-0.4, -0.2) is 49.7 Å². The van der Waals surface area contributed by atoms with E-state index >= 15 is 0 Å². The summed E-state index contributed by atoms with van der Waals surface area (Å²) in [4.78, 5) is 25.7. The number of morpholine rings is 1. The number of carbonyl (C=O) groups excluding carboxylic acids is 2. The Kier molecular flexibility index (Phi) is 4.90. The van der Waals surface area contributed by atoms with Gasteiger partial charge in [-0.3, -0.25) is 4.79 Å². The van der Waals surface area contributed by atoms with Crippen molar-refractivity contribution >= 4 is 11.9 Å². The van der Waals surface area contributed by atoms with E-state index in [1.54, 1.807) is 24.3 Å². The summed E-state index contributed by atoms with van der Waals surface area (Å²) >= 11 is 0. The first kappa shape index (κ1) is 15.0. The average Bonchev–Trinajstić information content (AvgIpc) is 2.55. The molecule has 6 heteroatoms. The summed E-state index contributed by atoms with van der Waals surface area (Å²) in [5.41, 5.74) is 0.611. The maximum Gasteiger partial charge on any atom is 0.331 e. The van der Waals surface area contributed by atoms with E-state index in [2.05, 4.69) is 0 Å². The van der Waals surface area contributed by atoms with Crippen molar-refractivity contribution in [2.45, 2.75) is 12.0 Å². The first-order valence-corrected chi connectivity index (χ1v) is 6.59. The fourth-order valence-corrected chi connectivity index (χ4v) is 2.28. The molecule has 2 rings (SSSR count). The number of hydrogen-bond donors (Lipinski definition) is 0. The monoisotopic (exact) mass is 288 g/mol. The quantitative estimate of drug-likeness (QED) is 0.765. The first-order valence-electron chi connectivity index (χ1n) is 6.59. The Morgan fingerprint density at radius 2 is 2.14 bits per heavy atom. The second kappa shape index (κ2) is 6.86. The highest BCUT2D eigenvalue weighted by atomic mass is 16.5. The van der Waals surface area contributed by atoms with Crippen molar-refractivity contribution in [2.24, 2.45) is 0 Å². The predicted octanol–water partition coefficient (Wildman–Crippen LogP) is 0.694. The highest BCUT2D eigenvalue weighted by Crippen LogP contribution is 2.21. The molecule has 0 saturated carbocycles. The summed E-state index contributed by atoms with van der Waals surface area (Å²) in [6.07, 6.45) is 0. The number of nitriles is 1. The van der Waals surface area contributed by atoms with Gasteiger partial charge in [-0.1, -0.05) is 30.3 Å². The molecule has 1 amide bonds. The van der Waals surface area contributed by atoms with Gasteiger partial charge in [0.1, 0.15) is 5.92 Å². The number of benzene rings is 1. The number of methoxy groups -OCH3 is 1. The van der Waals surface area contributed by atoms with E-state index in [0.717, 1.165) is 0 Å². The van der Waals surface area contributed by atoms with Gasteiger partial charge >= 0.3 is 5.97 Å². The SMILES string of the molecule is COC(=O)C1COCCN1C(=O)C(C#N)c1ccccc1. The molecule has 2 unspecified atom stereocenters. The van der Waals surface area contributed by atoms with Gasteiger partial charge in [-0.25, -0.2) is 4.79 Å². The van der Waals surface area contributed by atoms with Gasteiger partial charge in [-0.15, -0.1) is 0 Å². The van der Waals surface area contributed by atoms with Gasteiger partial charge in [-0.2, -0.15) is 5.26 Å². The van der Waals surface area contributed by atoms with Crippen molar-refractivity contribution in [3.05, 3.63) is 35.9 Å². The van der Waals surface area contributed by atoms with Crippen LogP contribution in [0.3, 0.4) is 0 Å². The highest BCUT2D eigenvalue weighted by molar-refractivity contribution is 5.90. The molecule has 0 aromatic heterocycles. The van der Waals surface area contributed by atoms with Crippen molar-refractivity contribution in [2.75, 3.05) is 26.9 Å². The van der Waals surface area contributed by atoms with Crippen LogP contribution in [-0.2, 0) is 19.1 Å². The molecule has 110 valence electrons. The van der Waals surface area contributed by atoms with Crippen LogP contribution in [0, 0.1) is 11.3 Å². The molecule has 1 aromatic carbocycles. The van der Waals surface area contributed by atoms with Gasteiger partial charge in [0.25, 0.3) is 0 Å². The molecule has 0 N–H and O–H groups in total. The molecule has 0 bridgehead atoms. The van der Waals surface area contributed by atoms with E-state index in [1.807, 2.05) is 12.1 Å². The molecule has 1 aliphatic heterocycles. The molecule has 1 heterocycles. The summed E-state index contributed by atoms with van der Waals surface area (Å²) in [5, 5.41) is 9.32. The zero-order valence-corrected chi connectivity index (χ0v) is 11.7. The van der Waals surface area contributed by atoms with Gasteiger partial charge < -0.3 is 14.4 Å². The van der Waals surface area contributed by atoms with Crippen LogP contribution in [0.2, 0.25) is 0 Å². The summed E-state index contributed by atoms with van der Waals surface area (Å²) < 4.78 is 9.92. The van der Waals surface area contributed by atoms with Crippen molar-refractivity contribution in [3.8, 4) is 6.07 Å². The van der Waals surface area contributed by atoms with E-state index in [9.17, 15) is 14.9 Å². The minimum absolute atomic E-state index is 0.0886. The minimum atomic E-state index is -0.934. The third kappa shape index (κ3) is 3.20. The Morgan fingerprint density at radius 3 is 2.76 bits per heavy atom. The van der Waals surface area contributed by atoms with E-state index < -0.39 is 23.8 Å². The van der Waals surface area contributed by atoms with Gasteiger partial charge in [0.05, 0.1) is 26.4 Å². The molecule has 1 fully saturated rings. The van der Waals surface area contributed by atoms with E-state index in [1.165, 1.54) is 12.0 Å². The number of nitrogens with zero attached hydrogens (tertiary/aromatic N) is 2. The Hall–Kier alpha value is -2.39. The highest BCUT2D eigenvalue weighted by Gasteiger charge is 2.37. The molecule has 0 spiro atoms. The fraction of sp³-hybridized carbons (Fsp3) is 0.400. The van der Waals surface area contributed by atoms with Gasteiger partial charge in [0.15, 0.2) is 6.04 Å². The summed E-state index contributed by atoms with van der Waals surface area (Å²) in [6.45, 7) is 0.696. The largest absolute Gasteiger partial charge is 0.467 e. The minimum Gasteiger partial charge on any atom is -0.467 e. The van der Waals surface area contributed by atoms with Crippen molar-refractivity contribution in [1.82, 2.24) is 4.90 Å². The third-order valence-electron chi connectivity index (χ3n) is 3.39. The molecule has 1 aliphatic rings. The Balaban J connectivity index is 2.23. The third-order valence-corrected chi connectivity index (χ3v) is 3.39. The second-order valence-corrected chi connectivity index (χ2v) is 4.62. The van der Waals surface area contributed by atoms with Crippen LogP contribution in [0.25, 0.3) is 0 Å². The van der Waals surface area contributed by atoms with Gasteiger partial charge in [0, 0.05) is 6.54 Å². The zero-order chi connectivity index (χ0) is 15.2. The molecule has 21 heavy (non-hydrogen) atoms. The average molecular weight is 288 g/mol. The van der Waals surface area contributed by atoms with Crippen LogP contribution < -0.4 is 0 Å². The van der Waals surface area contributed by atoms with E-state index in [-0.39, 0.29) is 13.2 Å². The summed E-state index contributed by atoms with van der Waals surface area (Å²) in [6, 6.07) is 10.0. The molecule has 6 nitrogen and oxygen atoms in total. The Labute approximate surface area is 122 Å². The van der Waals surface area contributed by atoms with Crippen LogP contribution >= 0.6 is 0 Å². The number of hydrogen-bond acceptors (Lipinski definition) is 5. The summed E-state index contributed by atoms with van der Waals surface area (Å²) in [5.74, 6) is -1.87. The zero-order valence-electron chi connectivity index (χ0n) is 11.7.